The number of nitrogen functional groups attached to an aromatic ring is 1. The average molecular weight is 264 g/mol. The molecule has 0 saturated heterocycles. The molecule has 0 aliphatic carbocycles. The molecule has 1 aliphatic heterocycles. The van der Waals surface area contributed by atoms with E-state index in [9.17, 15) is 4.39 Å². The fraction of sp³-hybridized carbons (Fsp3) is 0.200. The second-order valence-electron chi connectivity index (χ2n) is 3.76. The lowest BCUT2D eigenvalue weighted by atomic mass is 10.1. The largest absolute Gasteiger partial charge is 0.325 e. The highest BCUT2D eigenvalue weighted by Crippen LogP contribution is 2.25. The topological polar surface area (TPSA) is 136 Å². The Hall–Kier alpha value is -2.41. The third kappa shape index (κ3) is 2.71. The third-order valence-corrected chi connectivity index (χ3v) is 2.50. The van der Waals surface area contributed by atoms with E-state index in [1.807, 2.05) is 6.07 Å². The zero-order valence-electron chi connectivity index (χ0n) is 9.87. The molecule has 2 rings (SSSR count). The standard InChI is InChI=1S/C10H13FN8/c11-3-5-1-6(2-8(17-14)7(5)4-12)15-10-16-9(13)18-19-10/h1-2,9,17-18H,3,13-14H2,(H2,15,16,19). The fourth-order valence-corrected chi connectivity index (χ4v) is 1.67. The van der Waals surface area contributed by atoms with Crippen molar-refractivity contribution < 1.29 is 4.39 Å². The van der Waals surface area contributed by atoms with Crippen LogP contribution < -0.4 is 33.2 Å². The van der Waals surface area contributed by atoms with Gasteiger partial charge in [0.25, 0.3) is 0 Å². The molecule has 9 heteroatoms. The van der Waals surface area contributed by atoms with E-state index in [0.29, 0.717) is 17.3 Å². The lowest BCUT2D eigenvalue weighted by Gasteiger charge is -2.12. The molecule has 19 heavy (non-hydrogen) atoms. The van der Waals surface area contributed by atoms with Crippen molar-refractivity contribution in [3.63, 3.8) is 0 Å². The fourth-order valence-electron chi connectivity index (χ4n) is 1.67. The second kappa shape index (κ2) is 5.49. The molecular formula is C10H13FN8. The van der Waals surface area contributed by atoms with Crippen molar-refractivity contribution in [2.24, 2.45) is 16.6 Å². The number of hydrogen-bond donors (Lipinski definition) is 6. The van der Waals surface area contributed by atoms with E-state index in [0.717, 1.165) is 0 Å². The van der Waals surface area contributed by atoms with Crippen LogP contribution in [0.15, 0.2) is 17.1 Å². The number of benzene rings is 1. The van der Waals surface area contributed by atoms with Crippen LogP contribution in [0, 0.1) is 11.3 Å². The van der Waals surface area contributed by atoms with Crippen molar-refractivity contribution in [3.8, 4) is 6.07 Å². The minimum atomic E-state index is -0.773. The summed E-state index contributed by atoms with van der Waals surface area (Å²) >= 11 is 0. The van der Waals surface area contributed by atoms with Gasteiger partial charge in [-0.05, 0) is 12.1 Å². The van der Waals surface area contributed by atoms with Crippen molar-refractivity contribution in [1.29, 1.82) is 5.26 Å². The first kappa shape index (κ1) is 13.0. The molecule has 8 nitrogen and oxygen atoms in total. The SMILES string of the molecule is N#Cc1c(CF)cc(NC2=NC(N)NN2)cc1NN. The summed E-state index contributed by atoms with van der Waals surface area (Å²) in [4.78, 5) is 3.99. The van der Waals surface area contributed by atoms with Crippen LogP contribution in [-0.4, -0.2) is 12.2 Å². The van der Waals surface area contributed by atoms with Gasteiger partial charge in [-0.1, -0.05) is 0 Å². The van der Waals surface area contributed by atoms with Crippen molar-refractivity contribution >= 4 is 17.3 Å². The zero-order chi connectivity index (χ0) is 13.8. The predicted molar refractivity (Wildman–Crippen MR) is 69.1 cm³/mol. The maximum absolute atomic E-state index is 12.9. The number of nitrogens with two attached hydrogens (primary N) is 2. The van der Waals surface area contributed by atoms with Crippen molar-refractivity contribution in [3.05, 3.63) is 23.3 Å². The van der Waals surface area contributed by atoms with E-state index in [1.54, 1.807) is 6.07 Å². The monoisotopic (exact) mass is 264 g/mol. The van der Waals surface area contributed by atoms with Gasteiger partial charge in [0.15, 0.2) is 6.29 Å². The van der Waals surface area contributed by atoms with Gasteiger partial charge in [0, 0.05) is 11.3 Å². The molecule has 0 fully saturated rings. The molecule has 100 valence electrons. The molecule has 1 heterocycles. The Morgan fingerprint density at radius 1 is 1.53 bits per heavy atom. The first-order valence-corrected chi connectivity index (χ1v) is 5.39. The summed E-state index contributed by atoms with van der Waals surface area (Å²) in [6.07, 6.45) is -0.548. The molecule has 1 aromatic rings. The summed E-state index contributed by atoms with van der Waals surface area (Å²) in [5.41, 5.74) is 14.5. The van der Waals surface area contributed by atoms with Crippen LogP contribution in [0.5, 0.6) is 0 Å². The molecule has 1 aliphatic rings. The number of anilines is 2. The molecule has 1 atom stereocenters. The minimum absolute atomic E-state index is 0.173. The van der Waals surface area contributed by atoms with E-state index in [4.69, 9.17) is 16.8 Å². The summed E-state index contributed by atoms with van der Waals surface area (Å²) in [6.45, 7) is -0.773. The number of rotatable bonds is 3. The summed E-state index contributed by atoms with van der Waals surface area (Å²) < 4.78 is 12.9. The van der Waals surface area contributed by atoms with E-state index in [2.05, 4.69) is 26.6 Å². The number of alkyl halides is 1. The molecule has 0 spiro atoms. The molecule has 8 N–H and O–H groups in total. The summed E-state index contributed by atoms with van der Waals surface area (Å²) in [5, 5.41) is 11.9. The lowest BCUT2D eigenvalue weighted by Crippen LogP contribution is -2.41. The Balaban J connectivity index is 2.32. The third-order valence-electron chi connectivity index (χ3n) is 2.50. The van der Waals surface area contributed by atoms with Crippen LogP contribution in [0.1, 0.15) is 11.1 Å². The molecular weight excluding hydrogens is 251 g/mol. The van der Waals surface area contributed by atoms with Crippen molar-refractivity contribution in [2.45, 2.75) is 13.0 Å². The normalized spacial score (nSPS) is 17.4. The minimum Gasteiger partial charge on any atom is -0.325 e. The average Bonchev–Trinajstić information content (AvgIpc) is 2.82. The Morgan fingerprint density at radius 2 is 2.32 bits per heavy atom. The zero-order valence-corrected chi connectivity index (χ0v) is 9.87. The van der Waals surface area contributed by atoms with Crippen LogP contribution in [0.3, 0.4) is 0 Å². The summed E-state index contributed by atoms with van der Waals surface area (Å²) in [6, 6.07) is 4.99. The van der Waals surface area contributed by atoms with Crippen LogP contribution in [0.4, 0.5) is 15.8 Å². The van der Waals surface area contributed by atoms with Gasteiger partial charge in [-0.3, -0.25) is 17.0 Å². The van der Waals surface area contributed by atoms with Gasteiger partial charge >= 0.3 is 0 Å². The van der Waals surface area contributed by atoms with Crippen molar-refractivity contribution in [2.75, 3.05) is 10.7 Å². The maximum Gasteiger partial charge on any atom is 0.213 e. The number of nitrogens with zero attached hydrogens (tertiary/aromatic N) is 2. The van der Waals surface area contributed by atoms with Gasteiger partial charge in [0.05, 0.1) is 11.3 Å². The van der Waals surface area contributed by atoms with Crippen LogP contribution in [0.25, 0.3) is 0 Å². The Bertz CT molecular complexity index is 524. The van der Waals surface area contributed by atoms with Crippen LogP contribution >= 0.6 is 0 Å². The molecule has 1 unspecified atom stereocenters. The molecule has 0 radical (unpaired) electrons. The Labute approximate surface area is 108 Å². The van der Waals surface area contributed by atoms with E-state index < -0.39 is 13.0 Å². The number of nitriles is 1. The highest BCUT2D eigenvalue weighted by molar-refractivity contribution is 5.95. The quantitative estimate of drug-likeness (QED) is 0.318. The number of guanidine groups is 1. The molecule has 0 amide bonds. The number of hydrazine groups is 2. The summed E-state index contributed by atoms with van der Waals surface area (Å²) in [5.74, 6) is 5.71. The highest BCUT2D eigenvalue weighted by Gasteiger charge is 2.14. The predicted octanol–water partition coefficient (Wildman–Crippen LogP) is -0.569. The van der Waals surface area contributed by atoms with Crippen LogP contribution in [0.2, 0.25) is 0 Å². The van der Waals surface area contributed by atoms with Gasteiger partial charge < -0.3 is 10.7 Å². The van der Waals surface area contributed by atoms with Gasteiger partial charge in [0.2, 0.25) is 5.96 Å². The van der Waals surface area contributed by atoms with Gasteiger partial charge in [-0.15, -0.1) is 0 Å². The van der Waals surface area contributed by atoms with Crippen LogP contribution in [-0.2, 0) is 6.67 Å². The highest BCUT2D eigenvalue weighted by atomic mass is 19.1. The van der Waals surface area contributed by atoms with E-state index in [1.165, 1.54) is 6.07 Å². The molecule has 0 bridgehead atoms. The van der Waals surface area contributed by atoms with E-state index in [-0.39, 0.29) is 11.1 Å². The van der Waals surface area contributed by atoms with Gasteiger partial charge in [-0.2, -0.15) is 10.7 Å². The number of nitrogens with one attached hydrogen (secondary N) is 4. The number of aliphatic imine (C=N–C) groups is 1. The lowest BCUT2D eigenvalue weighted by molar-refractivity contribution is 0.485. The smallest absolute Gasteiger partial charge is 0.213 e. The molecule has 0 aromatic heterocycles. The van der Waals surface area contributed by atoms with Gasteiger partial charge in [0.1, 0.15) is 12.7 Å². The second-order valence-corrected chi connectivity index (χ2v) is 3.76. The Morgan fingerprint density at radius 3 is 2.84 bits per heavy atom. The van der Waals surface area contributed by atoms with E-state index >= 15 is 0 Å². The van der Waals surface area contributed by atoms with Gasteiger partial charge in [-0.25, -0.2) is 9.38 Å². The number of halogens is 1. The molecule has 1 aromatic carbocycles. The molecule has 0 saturated carbocycles. The first-order chi connectivity index (χ1) is 9.17. The number of hydrogen-bond acceptors (Lipinski definition) is 8. The Kier molecular flexibility index (Phi) is 3.76. The van der Waals surface area contributed by atoms with Crippen molar-refractivity contribution in [1.82, 2.24) is 10.9 Å². The summed E-state index contributed by atoms with van der Waals surface area (Å²) in [7, 11) is 0. The first-order valence-electron chi connectivity index (χ1n) is 5.39. The maximum atomic E-state index is 12.9.